The van der Waals surface area contributed by atoms with Crippen LogP contribution in [0.5, 0.6) is 11.5 Å². The van der Waals surface area contributed by atoms with E-state index in [1.165, 1.54) is 0 Å². The summed E-state index contributed by atoms with van der Waals surface area (Å²) >= 11 is 5.24. The van der Waals surface area contributed by atoms with Gasteiger partial charge in [0.1, 0.15) is 17.1 Å². The Morgan fingerprint density at radius 2 is 1.61 bits per heavy atom. The normalized spacial score (nSPS) is 10.4. The van der Waals surface area contributed by atoms with E-state index in [0.29, 0.717) is 17.0 Å². The number of rotatable bonds is 4. The van der Waals surface area contributed by atoms with Crippen LogP contribution in [0.4, 0.5) is 5.69 Å². The Kier molecular flexibility index (Phi) is 5.03. The SMILES string of the molecule is O=C(NC(=S)Nc1cccc(Oc2ccccc2)c1)c1cc2ccccc2o1. The number of hydrogen-bond acceptors (Lipinski definition) is 4. The minimum atomic E-state index is -0.412. The van der Waals surface area contributed by atoms with Crippen LogP contribution in [0.2, 0.25) is 0 Å². The molecule has 2 N–H and O–H groups in total. The largest absolute Gasteiger partial charge is 0.457 e. The Hall–Kier alpha value is -3.64. The van der Waals surface area contributed by atoms with Crippen molar-refractivity contribution in [3.05, 3.63) is 90.7 Å². The molecule has 0 aliphatic heterocycles. The smallest absolute Gasteiger partial charge is 0.293 e. The van der Waals surface area contributed by atoms with Crippen LogP contribution in [0.1, 0.15) is 10.6 Å². The van der Waals surface area contributed by atoms with Gasteiger partial charge in [-0.3, -0.25) is 10.1 Å². The standard InChI is InChI=1S/C22H16N2O3S/c25-21(20-13-15-7-4-5-12-19(15)27-20)24-22(28)23-16-8-6-11-18(14-16)26-17-9-2-1-3-10-17/h1-14H,(H2,23,24,25,28). The summed E-state index contributed by atoms with van der Waals surface area (Å²) in [6.45, 7) is 0. The summed E-state index contributed by atoms with van der Waals surface area (Å²) in [5.41, 5.74) is 1.35. The van der Waals surface area contributed by atoms with E-state index in [-0.39, 0.29) is 10.9 Å². The lowest BCUT2D eigenvalue weighted by Crippen LogP contribution is -2.33. The lowest BCUT2D eigenvalue weighted by atomic mass is 10.2. The highest BCUT2D eigenvalue weighted by molar-refractivity contribution is 7.80. The number of thiocarbonyl (C=S) groups is 1. The third-order valence-corrected chi connectivity index (χ3v) is 4.15. The molecule has 1 amide bonds. The van der Waals surface area contributed by atoms with E-state index < -0.39 is 5.91 Å². The van der Waals surface area contributed by atoms with Gasteiger partial charge in [-0.2, -0.15) is 0 Å². The molecule has 1 aromatic heterocycles. The highest BCUT2D eigenvalue weighted by Crippen LogP contribution is 2.24. The maximum Gasteiger partial charge on any atom is 0.293 e. The average molecular weight is 388 g/mol. The zero-order valence-electron chi connectivity index (χ0n) is 14.7. The highest BCUT2D eigenvalue weighted by Gasteiger charge is 2.13. The van der Waals surface area contributed by atoms with Crippen molar-refractivity contribution in [2.24, 2.45) is 0 Å². The van der Waals surface area contributed by atoms with Gasteiger partial charge in [0.15, 0.2) is 10.9 Å². The van der Waals surface area contributed by atoms with Crippen LogP contribution in [0.25, 0.3) is 11.0 Å². The number of furan rings is 1. The second kappa shape index (κ2) is 7.94. The van der Waals surface area contributed by atoms with Crippen molar-refractivity contribution in [2.45, 2.75) is 0 Å². The summed E-state index contributed by atoms with van der Waals surface area (Å²) < 4.78 is 11.3. The van der Waals surface area contributed by atoms with Gasteiger partial charge in [-0.25, -0.2) is 0 Å². The molecule has 1 heterocycles. The van der Waals surface area contributed by atoms with Crippen molar-refractivity contribution in [3.63, 3.8) is 0 Å². The molecular formula is C22H16N2O3S. The number of nitrogens with one attached hydrogen (secondary N) is 2. The fourth-order valence-corrected chi connectivity index (χ4v) is 2.89. The molecule has 0 spiro atoms. The van der Waals surface area contributed by atoms with Crippen molar-refractivity contribution >= 4 is 39.9 Å². The molecule has 5 nitrogen and oxygen atoms in total. The van der Waals surface area contributed by atoms with E-state index in [2.05, 4.69) is 10.6 Å². The summed E-state index contributed by atoms with van der Waals surface area (Å²) in [4.78, 5) is 12.4. The molecule has 0 saturated heterocycles. The predicted molar refractivity (Wildman–Crippen MR) is 113 cm³/mol. The van der Waals surface area contributed by atoms with Crippen molar-refractivity contribution in [1.29, 1.82) is 0 Å². The van der Waals surface area contributed by atoms with E-state index >= 15 is 0 Å². The first-order valence-corrected chi connectivity index (χ1v) is 9.02. The molecule has 0 radical (unpaired) electrons. The number of carbonyl (C=O) groups excluding carboxylic acids is 1. The molecule has 6 heteroatoms. The lowest BCUT2D eigenvalue weighted by molar-refractivity contribution is 0.0953. The predicted octanol–water partition coefficient (Wildman–Crippen LogP) is 5.35. The molecule has 0 atom stereocenters. The Morgan fingerprint density at radius 1 is 0.857 bits per heavy atom. The third kappa shape index (κ3) is 4.19. The zero-order valence-corrected chi connectivity index (χ0v) is 15.5. The topological polar surface area (TPSA) is 63.5 Å². The molecule has 0 fully saturated rings. The Bertz CT molecular complexity index is 1110. The summed E-state index contributed by atoms with van der Waals surface area (Å²) in [5.74, 6) is 1.18. The first-order valence-electron chi connectivity index (χ1n) is 8.61. The Labute approximate surface area is 166 Å². The van der Waals surface area contributed by atoms with Crippen LogP contribution >= 0.6 is 12.2 Å². The fourth-order valence-electron chi connectivity index (χ4n) is 2.68. The van der Waals surface area contributed by atoms with Gasteiger partial charge < -0.3 is 14.5 Å². The number of anilines is 1. The molecule has 28 heavy (non-hydrogen) atoms. The Balaban J connectivity index is 1.40. The first-order chi connectivity index (χ1) is 13.7. The van der Waals surface area contributed by atoms with Crippen LogP contribution in [0.3, 0.4) is 0 Å². The van der Waals surface area contributed by atoms with E-state index in [4.69, 9.17) is 21.4 Å². The number of amides is 1. The third-order valence-electron chi connectivity index (χ3n) is 3.95. The van der Waals surface area contributed by atoms with Crippen LogP contribution in [0, 0.1) is 0 Å². The van der Waals surface area contributed by atoms with Gasteiger partial charge in [-0.1, -0.05) is 42.5 Å². The van der Waals surface area contributed by atoms with Crippen molar-refractivity contribution < 1.29 is 13.9 Å². The number of fused-ring (bicyclic) bond motifs is 1. The molecule has 0 saturated carbocycles. The summed E-state index contributed by atoms with van der Waals surface area (Å²) in [7, 11) is 0. The lowest BCUT2D eigenvalue weighted by Gasteiger charge is -2.10. The maximum absolute atomic E-state index is 12.4. The minimum Gasteiger partial charge on any atom is -0.457 e. The van der Waals surface area contributed by atoms with Crippen LogP contribution in [-0.2, 0) is 0 Å². The van der Waals surface area contributed by atoms with Gasteiger partial charge >= 0.3 is 0 Å². The summed E-state index contributed by atoms with van der Waals surface area (Å²) in [6.07, 6.45) is 0. The minimum absolute atomic E-state index is 0.169. The van der Waals surface area contributed by atoms with Gasteiger partial charge in [-0.15, -0.1) is 0 Å². The van der Waals surface area contributed by atoms with Crippen LogP contribution < -0.4 is 15.4 Å². The molecule has 0 aliphatic rings. The molecule has 4 rings (SSSR count). The number of hydrogen-bond donors (Lipinski definition) is 2. The van der Waals surface area contributed by atoms with Crippen molar-refractivity contribution in [3.8, 4) is 11.5 Å². The van der Waals surface area contributed by atoms with E-state index in [1.54, 1.807) is 18.2 Å². The van der Waals surface area contributed by atoms with Gasteiger partial charge in [0.05, 0.1) is 0 Å². The number of para-hydroxylation sites is 2. The molecule has 3 aromatic carbocycles. The van der Waals surface area contributed by atoms with E-state index in [0.717, 1.165) is 11.1 Å². The summed E-state index contributed by atoms with van der Waals surface area (Å²) in [6, 6.07) is 25.9. The van der Waals surface area contributed by atoms with Gasteiger partial charge in [0.25, 0.3) is 5.91 Å². The van der Waals surface area contributed by atoms with Crippen molar-refractivity contribution in [2.75, 3.05) is 5.32 Å². The quantitative estimate of drug-likeness (QED) is 0.461. The van der Waals surface area contributed by atoms with Gasteiger partial charge in [0.2, 0.25) is 0 Å². The second-order valence-corrected chi connectivity index (χ2v) is 6.41. The molecule has 0 aliphatic carbocycles. The highest BCUT2D eigenvalue weighted by atomic mass is 32.1. The van der Waals surface area contributed by atoms with E-state index in [9.17, 15) is 4.79 Å². The monoisotopic (exact) mass is 388 g/mol. The second-order valence-electron chi connectivity index (χ2n) is 6.00. The number of carbonyl (C=O) groups is 1. The van der Waals surface area contributed by atoms with Crippen molar-refractivity contribution in [1.82, 2.24) is 5.32 Å². The molecule has 4 aromatic rings. The first kappa shape index (κ1) is 17.8. The summed E-state index contributed by atoms with van der Waals surface area (Å²) in [5, 5.41) is 6.63. The van der Waals surface area contributed by atoms with Gasteiger partial charge in [-0.05, 0) is 48.6 Å². The molecular weight excluding hydrogens is 372 g/mol. The molecule has 138 valence electrons. The fraction of sp³-hybridized carbons (Fsp3) is 0. The van der Waals surface area contributed by atoms with Crippen LogP contribution in [-0.4, -0.2) is 11.0 Å². The zero-order chi connectivity index (χ0) is 19.3. The number of ether oxygens (including phenoxy) is 1. The Morgan fingerprint density at radius 3 is 2.43 bits per heavy atom. The molecule has 0 unspecified atom stereocenters. The maximum atomic E-state index is 12.4. The van der Waals surface area contributed by atoms with E-state index in [1.807, 2.05) is 66.7 Å². The molecule has 0 bridgehead atoms. The van der Waals surface area contributed by atoms with Crippen LogP contribution in [0.15, 0.2) is 89.3 Å². The average Bonchev–Trinajstić information content (AvgIpc) is 3.13. The number of benzene rings is 3. The van der Waals surface area contributed by atoms with Gasteiger partial charge in [0, 0.05) is 17.1 Å².